The first-order valence-corrected chi connectivity index (χ1v) is 16.4. The number of likely N-dealkylation sites (tertiary alicyclic amines) is 1. The van der Waals surface area contributed by atoms with Gasteiger partial charge in [-0.15, -0.1) is 10.2 Å². The second-order valence-electron chi connectivity index (χ2n) is 12.3. The zero-order chi connectivity index (χ0) is 34.2. The van der Waals surface area contributed by atoms with E-state index in [1.807, 2.05) is 0 Å². The second-order valence-corrected chi connectivity index (χ2v) is 12.3. The molecule has 3 heterocycles. The van der Waals surface area contributed by atoms with Gasteiger partial charge < -0.3 is 23.5 Å². The van der Waals surface area contributed by atoms with Crippen LogP contribution in [-0.2, 0) is 19.6 Å². The van der Waals surface area contributed by atoms with Crippen molar-refractivity contribution in [3.63, 3.8) is 0 Å². The Hall–Kier alpha value is -5.20. The van der Waals surface area contributed by atoms with Gasteiger partial charge in [0, 0.05) is 29.8 Å². The van der Waals surface area contributed by atoms with Crippen molar-refractivity contribution in [2.75, 3.05) is 39.5 Å². The normalized spacial score (nSPS) is 19.3. The Morgan fingerprint density at radius 2 is 1.63 bits per heavy atom. The van der Waals surface area contributed by atoms with Crippen LogP contribution in [0.25, 0.3) is 0 Å². The van der Waals surface area contributed by atoms with E-state index in [0.29, 0.717) is 23.6 Å². The van der Waals surface area contributed by atoms with Gasteiger partial charge in [-0.1, -0.05) is 72.8 Å². The number of nitro groups is 1. The number of rotatable bonds is 12. The highest BCUT2D eigenvalue weighted by Crippen LogP contribution is 2.45. The summed E-state index contributed by atoms with van der Waals surface area (Å²) in [4.78, 5) is 31.0. The van der Waals surface area contributed by atoms with Crippen LogP contribution < -0.4 is 0 Å². The lowest BCUT2D eigenvalue weighted by Crippen LogP contribution is -2.44. The van der Waals surface area contributed by atoms with Crippen molar-refractivity contribution in [1.29, 1.82) is 0 Å². The number of nitro benzene ring substituents is 1. The van der Waals surface area contributed by atoms with E-state index in [9.17, 15) is 14.9 Å². The fourth-order valence-electron chi connectivity index (χ4n) is 6.97. The molecule has 12 nitrogen and oxygen atoms in total. The Labute approximate surface area is 284 Å². The molecule has 3 aromatic carbocycles. The first-order chi connectivity index (χ1) is 23.9. The minimum atomic E-state index is -0.929. The number of aliphatic imine (C=N–C) groups is 1. The monoisotopic (exact) mass is 665 g/mol. The molecule has 0 aliphatic carbocycles. The van der Waals surface area contributed by atoms with Gasteiger partial charge in [0.2, 0.25) is 12.3 Å². The summed E-state index contributed by atoms with van der Waals surface area (Å²) in [6.45, 7) is 6.86. The molecule has 2 aliphatic heterocycles. The Morgan fingerprint density at radius 1 is 0.939 bits per heavy atom. The van der Waals surface area contributed by atoms with Gasteiger partial charge in [0.05, 0.1) is 35.7 Å². The number of benzene rings is 3. The summed E-state index contributed by atoms with van der Waals surface area (Å²) >= 11 is 0. The molecule has 1 fully saturated rings. The fraction of sp³-hybridized carbons (Fsp3) is 0.351. The number of hydrogen-bond donors (Lipinski definition) is 0. The molecular formula is C37H39N5O7. The van der Waals surface area contributed by atoms with Gasteiger partial charge in [-0.25, -0.2) is 4.79 Å². The van der Waals surface area contributed by atoms with Gasteiger partial charge in [0.15, 0.2) is 0 Å². The number of non-ortho nitro benzene ring substituents is 1. The van der Waals surface area contributed by atoms with Gasteiger partial charge in [-0.05, 0) is 56.5 Å². The molecule has 1 saturated heterocycles. The molecule has 0 bridgehead atoms. The highest BCUT2D eigenvalue weighted by molar-refractivity contribution is 5.91. The predicted molar refractivity (Wildman–Crippen MR) is 181 cm³/mol. The van der Waals surface area contributed by atoms with Crippen LogP contribution in [0.2, 0.25) is 0 Å². The van der Waals surface area contributed by atoms with E-state index in [1.165, 1.54) is 29.7 Å². The highest BCUT2D eigenvalue weighted by Gasteiger charge is 2.41. The molecule has 0 N–H and O–H groups in total. The molecule has 0 spiro atoms. The number of aromatic nitrogens is 2. The largest absolute Gasteiger partial charge is 0.513 e. The van der Waals surface area contributed by atoms with Crippen LogP contribution in [-0.4, -0.2) is 71.3 Å². The van der Waals surface area contributed by atoms with E-state index in [2.05, 4.69) is 80.8 Å². The summed E-state index contributed by atoms with van der Waals surface area (Å²) < 4.78 is 22.4. The average molecular weight is 666 g/mol. The Bertz CT molecular complexity index is 1740. The van der Waals surface area contributed by atoms with Crippen LogP contribution in [0.15, 0.2) is 112 Å². The number of hydrogen-bond acceptors (Lipinski definition) is 11. The lowest BCUT2D eigenvalue weighted by Gasteiger charge is -2.43. The SMILES string of the molecule is CC1=NC(C)=C(OC(=O)OCCOCCN2CCC(c3ccccc3)(c3ccccc3)CC2)C(c2cccc([N+](=O)[O-])c2)C1c1nnco1. The van der Waals surface area contributed by atoms with E-state index in [1.54, 1.807) is 26.0 Å². The van der Waals surface area contributed by atoms with Crippen LogP contribution in [0, 0.1) is 10.1 Å². The van der Waals surface area contributed by atoms with Crippen LogP contribution in [0.3, 0.4) is 0 Å². The maximum atomic E-state index is 12.9. The molecule has 254 valence electrons. The third-order valence-corrected chi connectivity index (χ3v) is 9.40. The number of piperidine rings is 1. The summed E-state index contributed by atoms with van der Waals surface area (Å²) in [5.41, 5.74) is 4.18. The van der Waals surface area contributed by atoms with Crippen molar-refractivity contribution < 1.29 is 28.3 Å². The van der Waals surface area contributed by atoms with Crippen molar-refractivity contribution in [2.24, 2.45) is 4.99 Å². The zero-order valence-corrected chi connectivity index (χ0v) is 27.6. The number of allylic oxidation sites excluding steroid dienone is 2. The lowest BCUT2D eigenvalue weighted by atomic mass is 9.68. The quantitative estimate of drug-likeness (QED) is 0.0686. The van der Waals surface area contributed by atoms with Gasteiger partial charge in [0.25, 0.3) is 5.69 Å². The fourth-order valence-corrected chi connectivity index (χ4v) is 6.97. The standard InChI is InChI=1S/C37H39N5O7/c1-26-32(35-40-38-25-48-35)33(28-10-9-15-31(24-28)42(44)45)34(27(2)39-26)49-36(43)47-23-22-46-21-20-41-18-16-37(17-19-41,29-11-5-3-6-12-29)30-13-7-4-8-14-30/h3-15,24-25,32-33H,16-23H2,1-2H3. The summed E-state index contributed by atoms with van der Waals surface area (Å²) in [6.07, 6.45) is 2.29. The first-order valence-electron chi connectivity index (χ1n) is 16.4. The highest BCUT2D eigenvalue weighted by atomic mass is 16.7. The average Bonchev–Trinajstić information content (AvgIpc) is 3.66. The third-order valence-electron chi connectivity index (χ3n) is 9.40. The number of nitrogens with zero attached hydrogens (tertiary/aromatic N) is 5. The molecule has 0 radical (unpaired) electrons. The van der Waals surface area contributed by atoms with E-state index in [4.69, 9.17) is 18.6 Å². The smallest absolute Gasteiger partial charge is 0.432 e. The molecule has 6 rings (SSSR count). The van der Waals surface area contributed by atoms with E-state index < -0.39 is 22.9 Å². The first kappa shape index (κ1) is 33.7. The molecule has 0 amide bonds. The summed E-state index contributed by atoms with van der Waals surface area (Å²) in [5.74, 6) is -0.881. The van der Waals surface area contributed by atoms with Crippen LogP contribution >= 0.6 is 0 Å². The molecule has 0 saturated carbocycles. The Balaban J connectivity index is 1.01. The topological polar surface area (TPSA) is 142 Å². The van der Waals surface area contributed by atoms with Gasteiger partial charge in [0.1, 0.15) is 12.4 Å². The molecule has 2 aliphatic rings. The summed E-state index contributed by atoms with van der Waals surface area (Å²) in [7, 11) is 0. The van der Waals surface area contributed by atoms with Gasteiger partial charge in [-0.3, -0.25) is 15.1 Å². The Kier molecular flexibility index (Phi) is 10.6. The maximum absolute atomic E-state index is 12.9. The lowest BCUT2D eigenvalue weighted by molar-refractivity contribution is -0.384. The predicted octanol–water partition coefficient (Wildman–Crippen LogP) is 6.80. The third kappa shape index (κ3) is 7.60. The van der Waals surface area contributed by atoms with Crippen molar-refractivity contribution in [3.8, 4) is 0 Å². The minimum absolute atomic E-state index is 0.00680. The molecule has 49 heavy (non-hydrogen) atoms. The Morgan fingerprint density at radius 3 is 2.27 bits per heavy atom. The zero-order valence-electron chi connectivity index (χ0n) is 27.6. The van der Waals surface area contributed by atoms with Crippen LogP contribution in [0.4, 0.5) is 10.5 Å². The maximum Gasteiger partial charge on any atom is 0.513 e. The summed E-state index contributed by atoms with van der Waals surface area (Å²) in [5, 5.41) is 19.4. The molecular weight excluding hydrogens is 626 g/mol. The van der Waals surface area contributed by atoms with Gasteiger partial charge >= 0.3 is 6.16 Å². The van der Waals surface area contributed by atoms with Crippen LogP contribution in [0.1, 0.15) is 61.1 Å². The molecule has 2 atom stereocenters. The van der Waals surface area contributed by atoms with Crippen LogP contribution in [0.5, 0.6) is 0 Å². The molecule has 12 heteroatoms. The van der Waals surface area contributed by atoms with E-state index in [-0.39, 0.29) is 36.0 Å². The summed E-state index contributed by atoms with van der Waals surface area (Å²) in [6, 6.07) is 27.6. The molecule has 4 aromatic rings. The van der Waals surface area contributed by atoms with E-state index >= 15 is 0 Å². The number of ether oxygens (including phenoxy) is 3. The second kappa shape index (κ2) is 15.3. The van der Waals surface area contributed by atoms with Crippen molar-refractivity contribution in [2.45, 2.75) is 43.9 Å². The number of carbonyl (C=O) groups is 1. The van der Waals surface area contributed by atoms with E-state index in [0.717, 1.165) is 32.5 Å². The van der Waals surface area contributed by atoms with Crippen molar-refractivity contribution in [3.05, 3.63) is 135 Å². The molecule has 2 unspecified atom stereocenters. The molecule has 1 aromatic heterocycles. The van der Waals surface area contributed by atoms with Crippen molar-refractivity contribution >= 4 is 17.6 Å². The minimum Gasteiger partial charge on any atom is -0.432 e. The van der Waals surface area contributed by atoms with Crippen molar-refractivity contribution in [1.82, 2.24) is 15.1 Å². The number of carbonyl (C=O) groups excluding carboxylic acids is 1. The van der Waals surface area contributed by atoms with Gasteiger partial charge in [-0.2, -0.15) is 0 Å².